The number of carbonyl (C=O) groups is 1. The van der Waals surface area contributed by atoms with Gasteiger partial charge in [-0.1, -0.05) is 12.1 Å². The first-order chi connectivity index (χ1) is 9.13. The van der Waals surface area contributed by atoms with Gasteiger partial charge in [0, 0.05) is 0 Å². The quantitative estimate of drug-likeness (QED) is 0.838. The zero-order valence-electron chi connectivity index (χ0n) is 10.6. The van der Waals surface area contributed by atoms with E-state index < -0.39 is 17.4 Å². The summed E-state index contributed by atoms with van der Waals surface area (Å²) in [6.07, 6.45) is 1.95. The van der Waals surface area contributed by atoms with E-state index in [4.69, 9.17) is 15.2 Å². The summed E-state index contributed by atoms with van der Waals surface area (Å²) in [5, 5.41) is 9.18. The number of ether oxygens (including phenoxy) is 2. The molecule has 102 valence electrons. The van der Waals surface area contributed by atoms with Crippen LogP contribution in [0.3, 0.4) is 0 Å². The van der Waals surface area contributed by atoms with Gasteiger partial charge in [-0.2, -0.15) is 0 Å². The molecular weight excluding hydrogens is 246 g/mol. The standard InChI is InChI=1S/C14H17NO4/c15-12(13(16)17)14(7-18-8-14)10-3-4-11-9(6-10)2-1-5-19-11/h3-4,6,12H,1-2,5,7-8,15H2,(H,16,17). The molecule has 1 aromatic rings. The average Bonchev–Trinajstić information content (AvgIpc) is 2.37. The Balaban J connectivity index is 1.98. The average molecular weight is 263 g/mol. The molecule has 0 radical (unpaired) electrons. The van der Waals surface area contributed by atoms with Crippen molar-refractivity contribution in [1.82, 2.24) is 0 Å². The number of rotatable bonds is 3. The first-order valence-electron chi connectivity index (χ1n) is 6.46. The van der Waals surface area contributed by atoms with Crippen LogP contribution in [-0.2, 0) is 21.4 Å². The number of hydrogen-bond donors (Lipinski definition) is 2. The van der Waals surface area contributed by atoms with Crippen molar-refractivity contribution in [2.75, 3.05) is 19.8 Å². The van der Waals surface area contributed by atoms with Crippen LogP contribution in [0.15, 0.2) is 18.2 Å². The van der Waals surface area contributed by atoms with Gasteiger partial charge in [-0.05, 0) is 30.0 Å². The van der Waals surface area contributed by atoms with Crippen LogP contribution < -0.4 is 10.5 Å². The number of nitrogens with two attached hydrogens (primary N) is 1. The van der Waals surface area contributed by atoms with Crippen LogP contribution in [0.2, 0.25) is 0 Å². The highest BCUT2D eigenvalue weighted by Gasteiger charge is 2.49. The molecule has 0 spiro atoms. The number of carboxylic acids is 1. The zero-order valence-corrected chi connectivity index (χ0v) is 10.6. The van der Waals surface area contributed by atoms with Crippen LogP contribution in [0.4, 0.5) is 0 Å². The highest BCUT2D eigenvalue weighted by Crippen LogP contribution is 2.38. The summed E-state index contributed by atoms with van der Waals surface area (Å²) in [6, 6.07) is 4.91. The molecule has 0 aliphatic carbocycles. The van der Waals surface area contributed by atoms with Crippen molar-refractivity contribution in [3.05, 3.63) is 29.3 Å². The Hall–Kier alpha value is -1.59. The Kier molecular flexibility index (Phi) is 2.95. The smallest absolute Gasteiger partial charge is 0.321 e. The van der Waals surface area contributed by atoms with Crippen LogP contribution in [0.1, 0.15) is 17.5 Å². The maximum atomic E-state index is 11.2. The van der Waals surface area contributed by atoms with Crippen LogP contribution in [0.5, 0.6) is 5.75 Å². The lowest BCUT2D eigenvalue weighted by atomic mass is 9.72. The Morgan fingerprint density at radius 1 is 1.42 bits per heavy atom. The lowest BCUT2D eigenvalue weighted by Gasteiger charge is -2.44. The fourth-order valence-electron chi connectivity index (χ4n) is 2.75. The maximum absolute atomic E-state index is 11.2. The molecule has 0 saturated carbocycles. The molecule has 5 nitrogen and oxygen atoms in total. The molecule has 0 aromatic heterocycles. The van der Waals surface area contributed by atoms with Gasteiger partial charge < -0.3 is 20.3 Å². The van der Waals surface area contributed by atoms with E-state index in [1.54, 1.807) is 0 Å². The van der Waals surface area contributed by atoms with E-state index in [9.17, 15) is 9.90 Å². The van der Waals surface area contributed by atoms with Gasteiger partial charge in [0.1, 0.15) is 11.8 Å². The Morgan fingerprint density at radius 2 is 2.21 bits per heavy atom. The minimum Gasteiger partial charge on any atom is -0.493 e. The molecule has 5 heteroatoms. The molecule has 1 unspecified atom stereocenters. The third-order valence-electron chi connectivity index (χ3n) is 4.06. The minimum absolute atomic E-state index is 0.361. The van der Waals surface area contributed by atoms with Crippen molar-refractivity contribution in [2.24, 2.45) is 5.73 Å². The summed E-state index contributed by atoms with van der Waals surface area (Å²) in [4.78, 5) is 11.2. The summed E-state index contributed by atoms with van der Waals surface area (Å²) in [7, 11) is 0. The summed E-state index contributed by atoms with van der Waals surface area (Å²) in [6.45, 7) is 1.47. The molecule has 1 fully saturated rings. The fourth-order valence-corrected chi connectivity index (χ4v) is 2.75. The molecule has 19 heavy (non-hydrogen) atoms. The van der Waals surface area contributed by atoms with E-state index in [1.807, 2.05) is 18.2 Å². The lowest BCUT2D eigenvalue weighted by Crippen LogP contribution is -2.61. The number of fused-ring (bicyclic) bond motifs is 1. The van der Waals surface area contributed by atoms with Gasteiger partial charge in [-0.25, -0.2) is 0 Å². The molecule has 1 saturated heterocycles. The topological polar surface area (TPSA) is 81.8 Å². The molecule has 2 aliphatic heterocycles. The Bertz CT molecular complexity index is 510. The molecule has 0 amide bonds. The Morgan fingerprint density at radius 3 is 2.84 bits per heavy atom. The van der Waals surface area contributed by atoms with Crippen LogP contribution in [0.25, 0.3) is 0 Å². The van der Waals surface area contributed by atoms with E-state index in [2.05, 4.69) is 0 Å². The lowest BCUT2D eigenvalue weighted by molar-refractivity contribution is -0.148. The maximum Gasteiger partial charge on any atom is 0.321 e. The van der Waals surface area contributed by atoms with Gasteiger partial charge >= 0.3 is 5.97 Å². The number of hydrogen-bond acceptors (Lipinski definition) is 4. The molecular formula is C14H17NO4. The van der Waals surface area contributed by atoms with Gasteiger partial charge in [-0.3, -0.25) is 4.79 Å². The monoisotopic (exact) mass is 263 g/mol. The van der Waals surface area contributed by atoms with E-state index in [1.165, 1.54) is 0 Å². The van der Waals surface area contributed by atoms with Crippen LogP contribution >= 0.6 is 0 Å². The Labute approximate surface area is 111 Å². The van der Waals surface area contributed by atoms with Crippen molar-refractivity contribution in [3.63, 3.8) is 0 Å². The molecule has 3 rings (SSSR count). The van der Waals surface area contributed by atoms with Crippen molar-refractivity contribution < 1.29 is 19.4 Å². The number of benzene rings is 1. The van der Waals surface area contributed by atoms with Crippen molar-refractivity contribution in [1.29, 1.82) is 0 Å². The van der Waals surface area contributed by atoms with Gasteiger partial charge in [0.2, 0.25) is 0 Å². The highest BCUT2D eigenvalue weighted by molar-refractivity contribution is 5.76. The summed E-state index contributed by atoms with van der Waals surface area (Å²) >= 11 is 0. The van der Waals surface area contributed by atoms with E-state index in [0.717, 1.165) is 36.3 Å². The molecule has 0 bridgehead atoms. The van der Waals surface area contributed by atoms with Gasteiger partial charge in [0.25, 0.3) is 0 Å². The van der Waals surface area contributed by atoms with Crippen LogP contribution in [-0.4, -0.2) is 36.9 Å². The van der Waals surface area contributed by atoms with E-state index in [0.29, 0.717) is 13.2 Å². The number of carboxylic acid groups (broad SMARTS) is 1. The third kappa shape index (κ3) is 1.89. The van der Waals surface area contributed by atoms with Crippen molar-refractivity contribution in [3.8, 4) is 5.75 Å². The second-order valence-corrected chi connectivity index (χ2v) is 5.24. The van der Waals surface area contributed by atoms with Gasteiger partial charge in [-0.15, -0.1) is 0 Å². The first kappa shape index (κ1) is 12.4. The molecule has 3 N–H and O–H groups in total. The predicted molar refractivity (Wildman–Crippen MR) is 68.4 cm³/mol. The van der Waals surface area contributed by atoms with Gasteiger partial charge in [0.15, 0.2) is 0 Å². The van der Waals surface area contributed by atoms with Gasteiger partial charge in [0.05, 0.1) is 25.2 Å². The van der Waals surface area contributed by atoms with E-state index in [-0.39, 0.29) is 0 Å². The van der Waals surface area contributed by atoms with Crippen LogP contribution in [0, 0.1) is 0 Å². The normalized spacial score (nSPS) is 21.7. The fraction of sp³-hybridized carbons (Fsp3) is 0.500. The van der Waals surface area contributed by atoms with E-state index >= 15 is 0 Å². The second-order valence-electron chi connectivity index (χ2n) is 5.24. The second kappa shape index (κ2) is 4.51. The summed E-state index contributed by atoms with van der Waals surface area (Å²) in [5.74, 6) is -0.0911. The molecule has 1 atom stereocenters. The zero-order chi connectivity index (χ0) is 13.5. The third-order valence-corrected chi connectivity index (χ3v) is 4.06. The molecule has 2 heterocycles. The minimum atomic E-state index is -0.989. The number of aryl methyl sites for hydroxylation is 1. The summed E-state index contributed by atoms with van der Waals surface area (Å²) in [5.41, 5.74) is 7.33. The summed E-state index contributed by atoms with van der Waals surface area (Å²) < 4.78 is 10.8. The number of aliphatic carboxylic acids is 1. The van der Waals surface area contributed by atoms with Crippen molar-refractivity contribution >= 4 is 5.97 Å². The largest absolute Gasteiger partial charge is 0.493 e. The highest BCUT2D eigenvalue weighted by atomic mass is 16.5. The molecule has 1 aromatic carbocycles. The predicted octanol–water partition coefficient (Wildman–Crippen LogP) is 0.691. The first-order valence-corrected chi connectivity index (χ1v) is 6.46. The molecule has 2 aliphatic rings. The van der Waals surface area contributed by atoms with Crippen molar-refractivity contribution in [2.45, 2.75) is 24.3 Å². The SMILES string of the molecule is NC(C(=O)O)C1(c2ccc3c(c2)CCCO3)COC1.